The Morgan fingerprint density at radius 1 is 1.12 bits per heavy atom. The van der Waals surface area contributed by atoms with Crippen LogP contribution in [0, 0.1) is 0 Å². The summed E-state index contributed by atoms with van der Waals surface area (Å²) in [5.41, 5.74) is 1.84. The number of ketones is 1. The van der Waals surface area contributed by atoms with Crippen molar-refractivity contribution in [2.75, 3.05) is 0 Å². The van der Waals surface area contributed by atoms with E-state index in [1.54, 1.807) is 6.20 Å². The van der Waals surface area contributed by atoms with Crippen LogP contribution in [0.4, 0.5) is 0 Å². The fraction of sp³-hybridized carbons (Fsp3) is 0.200. The number of benzene rings is 1. The molecule has 1 aromatic carbocycles. The third-order valence-corrected chi connectivity index (χ3v) is 2.79. The Balaban J connectivity index is 2.43. The number of nitrogens with zero attached hydrogens (tertiary/aromatic N) is 1. The van der Waals surface area contributed by atoms with Gasteiger partial charge >= 0.3 is 0 Å². The number of carbonyl (C=O) groups excluding carboxylic acids is 1. The topological polar surface area (TPSA) is 30.0 Å². The molecule has 0 aliphatic carbocycles. The monoisotopic (exact) mass is 225 g/mol. The molecule has 0 fully saturated rings. The fourth-order valence-corrected chi connectivity index (χ4v) is 1.92. The van der Waals surface area contributed by atoms with Crippen LogP contribution >= 0.6 is 0 Å². The largest absolute Gasteiger partial charge is 0.299 e. The quantitative estimate of drug-likeness (QED) is 0.799. The zero-order chi connectivity index (χ0) is 12.1. The van der Waals surface area contributed by atoms with Gasteiger partial charge in [0.2, 0.25) is 0 Å². The van der Waals surface area contributed by atoms with E-state index in [2.05, 4.69) is 4.98 Å². The number of hydrogen-bond acceptors (Lipinski definition) is 2. The summed E-state index contributed by atoms with van der Waals surface area (Å²) in [6.45, 7) is 1.89. The van der Waals surface area contributed by atoms with Crippen LogP contribution in [-0.4, -0.2) is 10.8 Å². The smallest absolute Gasteiger partial charge is 0.146 e. The second-order valence-electron chi connectivity index (χ2n) is 3.92. The van der Waals surface area contributed by atoms with Gasteiger partial charge < -0.3 is 0 Å². The Kier molecular flexibility index (Phi) is 3.66. The number of rotatable bonds is 4. The third-order valence-electron chi connectivity index (χ3n) is 2.79. The zero-order valence-electron chi connectivity index (χ0n) is 9.84. The lowest BCUT2D eigenvalue weighted by molar-refractivity contribution is -0.119. The molecule has 0 saturated carbocycles. The highest BCUT2D eigenvalue weighted by Crippen LogP contribution is 2.24. The Bertz CT molecular complexity index is 439. The van der Waals surface area contributed by atoms with E-state index in [0.717, 1.165) is 11.3 Å². The van der Waals surface area contributed by atoms with Gasteiger partial charge in [0, 0.05) is 12.6 Å². The average Bonchev–Trinajstić information content (AvgIpc) is 2.41. The molecule has 86 valence electrons. The third kappa shape index (κ3) is 2.59. The van der Waals surface area contributed by atoms with E-state index in [1.165, 1.54) is 0 Å². The van der Waals surface area contributed by atoms with Crippen molar-refractivity contribution in [1.82, 2.24) is 4.98 Å². The molecule has 0 unspecified atom stereocenters. The van der Waals surface area contributed by atoms with E-state index < -0.39 is 0 Å². The van der Waals surface area contributed by atoms with E-state index >= 15 is 0 Å². The number of Topliss-reactive ketones (excluding diaryl/α,β-unsaturated/α-hetero) is 1. The summed E-state index contributed by atoms with van der Waals surface area (Å²) >= 11 is 0. The summed E-state index contributed by atoms with van der Waals surface area (Å²) in [5, 5.41) is 0. The van der Waals surface area contributed by atoms with Crippen LogP contribution in [0.2, 0.25) is 0 Å². The molecule has 0 bridgehead atoms. The molecule has 0 amide bonds. The summed E-state index contributed by atoms with van der Waals surface area (Å²) in [4.78, 5) is 16.4. The standard InChI is InChI=1S/C15H15NO/c1-2-14(17)15(12-8-4-3-5-9-12)13-10-6-7-11-16-13/h3-11,15H,2H2,1H3/t15-/m1/s1. The minimum atomic E-state index is -0.234. The lowest BCUT2D eigenvalue weighted by Gasteiger charge is -2.14. The van der Waals surface area contributed by atoms with Crippen LogP contribution in [0.3, 0.4) is 0 Å². The van der Waals surface area contributed by atoms with Crippen LogP contribution in [0.1, 0.15) is 30.5 Å². The number of carbonyl (C=O) groups is 1. The van der Waals surface area contributed by atoms with Crippen LogP contribution < -0.4 is 0 Å². The second-order valence-corrected chi connectivity index (χ2v) is 3.92. The minimum Gasteiger partial charge on any atom is -0.299 e. The highest BCUT2D eigenvalue weighted by molar-refractivity contribution is 5.88. The molecule has 17 heavy (non-hydrogen) atoms. The number of aromatic nitrogens is 1. The molecular formula is C15H15NO. The predicted molar refractivity (Wildman–Crippen MR) is 67.8 cm³/mol. The molecule has 1 atom stereocenters. The lowest BCUT2D eigenvalue weighted by Crippen LogP contribution is -2.14. The minimum absolute atomic E-state index is 0.204. The first-order valence-corrected chi connectivity index (χ1v) is 5.81. The van der Waals surface area contributed by atoms with Gasteiger partial charge in [0.05, 0.1) is 11.6 Å². The average molecular weight is 225 g/mol. The zero-order valence-corrected chi connectivity index (χ0v) is 9.84. The molecule has 0 radical (unpaired) electrons. The van der Waals surface area contributed by atoms with Gasteiger partial charge in [-0.25, -0.2) is 0 Å². The first-order chi connectivity index (χ1) is 8.33. The maximum Gasteiger partial charge on any atom is 0.146 e. The van der Waals surface area contributed by atoms with Gasteiger partial charge in [0.15, 0.2) is 0 Å². The lowest BCUT2D eigenvalue weighted by atomic mass is 9.90. The SMILES string of the molecule is CCC(=O)[C@H](c1ccccc1)c1ccccn1. The van der Waals surface area contributed by atoms with Crippen LogP contribution in [0.15, 0.2) is 54.7 Å². The van der Waals surface area contributed by atoms with Gasteiger partial charge in [-0.05, 0) is 17.7 Å². The van der Waals surface area contributed by atoms with E-state index in [-0.39, 0.29) is 11.7 Å². The molecule has 0 spiro atoms. The fourth-order valence-electron chi connectivity index (χ4n) is 1.92. The molecule has 2 aromatic rings. The van der Waals surface area contributed by atoms with Gasteiger partial charge in [-0.2, -0.15) is 0 Å². The highest BCUT2D eigenvalue weighted by atomic mass is 16.1. The van der Waals surface area contributed by atoms with Gasteiger partial charge in [-0.15, -0.1) is 0 Å². The number of pyridine rings is 1. The Hall–Kier alpha value is -1.96. The molecule has 1 aromatic heterocycles. The van der Waals surface area contributed by atoms with Gasteiger partial charge in [-0.1, -0.05) is 43.3 Å². The summed E-state index contributed by atoms with van der Waals surface area (Å²) in [7, 11) is 0. The molecule has 2 heteroatoms. The van der Waals surface area contributed by atoms with E-state index in [0.29, 0.717) is 6.42 Å². The van der Waals surface area contributed by atoms with Crippen LogP contribution in [0.5, 0.6) is 0 Å². The summed E-state index contributed by atoms with van der Waals surface area (Å²) in [5.74, 6) is -0.0303. The van der Waals surface area contributed by atoms with E-state index in [9.17, 15) is 4.79 Å². The summed E-state index contributed by atoms with van der Waals surface area (Å²) < 4.78 is 0. The van der Waals surface area contributed by atoms with Gasteiger partial charge in [0.25, 0.3) is 0 Å². The Labute approximate surface area is 101 Å². The molecule has 0 aliphatic rings. The highest BCUT2D eigenvalue weighted by Gasteiger charge is 2.21. The van der Waals surface area contributed by atoms with Gasteiger partial charge in [-0.3, -0.25) is 9.78 Å². The van der Waals surface area contributed by atoms with Crippen molar-refractivity contribution < 1.29 is 4.79 Å². The summed E-state index contributed by atoms with van der Waals surface area (Å²) in [6.07, 6.45) is 2.25. The maximum atomic E-state index is 12.1. The van der Waals surface area contributed by atoms with Crippen molar-refractivity contribution in [2.24, 2.45) is 0 Å². The summed E-state index contributed by atoms with van der Waals surface area (Å²) in [6, 6.07) is 15.5. The molecule has 0 aliphatic heterocycles. The molecule has 2 nitrogen and oxygen atoms in total. The van der Waals surface area contributed by atoms with E-state index in [4.69, 9.17) is 0 Å². The molecule has 0 saturated heterocycles. The molecular weight excluding hydrogens is 210 g/mol. The number of hydrogen-bond donors (Lipinski definition) is 0. The Morgan fingerprint density at radius 3 is 2.41 bits per heavy atom. The maximum absolute atomic E-state index is 12.1. The molecule has 2 rings (SSSR count). The van der Waals surface area contributed by atoms with Crippen molar-refractivity contribution in [1.29, 1.82) is 0 Å². The van der Waals surface area contributed by atoms with Crippen molar-refractivity contribution >= 4 is 5.78 Å². The van der Waals surface area contributed by atoms with Crippen molar-refractivity contribution in [2.45, 2.75) is 19.3 Å². The van der Waals surface area contributed by atoms with E-state index in [1.807, 2.05) is 55.5 Å². The second kappa shape index (κ2) is 5.39. The molecule has 0 N–H and O–H groups in total. The van der Waals surface area contributed by atoms with Crippen LogP contribution in [0.25, 0.3) is 0 Å². The molecule has 1 heterocycles. The first-order valence-electron chi connectivity index (χ1n) is 5.81. The Morgan fingerprint density at radius 2 is 1.82 bits per heavy atom. The van der Waals surface area contributed by atoms with Crippen LogP contribution in [-0.2, 0) is 4.79 Å². The normalized spacial score (nSPS) is 12.1. The predicted octanol–water partition coefficient (Wildman–Crippen LogP) is 3.19. The first kappa shape index (κ1) is 11.5. The van der Waals surface area contributed by atoms with Crippen molar-refractivity contribution in [3.8, 4) is 0 Å². The van der Waals surface area contributed by atoms with Gasteiger partial charge in [0.1, 0.15) is 5.78 Å². The van der Waals surface area contributed by atoms with Crippen molar-refractivity contribution in [3.63, 3.8) is 0 Å². The van der Waals surface area contributed by atoms with Crippen molar-refractivity contribution in [3.05, 3.63) is 66.0 Å².